The number of halogens is 2. The highest BCUT2D eigenvalue weighted by Crippen LogP contribution is 2.46. The maximum atomic E-state index is 12.5. The molecule has 2 aliphatic heterocycles. The van der Waals surface area contributed by atoms with E-state index < -0.39 is 43.2 Å². The van der Waals surface area contributed by atoms with Crippen molar-refractivity contribution in [1.29, 1.82) is 0 Å². The lowest BCUT2D eigenvalue weighted by Gasteiger charge is -2.46. The molecule has 8 heteroatoms. The Balaban J connectivity index is 1.60. The van der Waals surface area contributed by atoms with E-state index in [2.05, 4.69) is 0 Å². The quantitative estimate of drug-likeness (QED) is 0.579. The summed E-state index contributed by atoms with van der Waals surface area (Å²) in [7, 11) is 0. The maximum Gasteiger partial charge on any atom is 0.242 e. The molecule has 2 heterocycles. The highest BCUT2D eigenvalue weighted by atomic mass is 19.3. The average molecular weight is 422 g/mol. The van der Waals surface area contributed by atoms with Gasteiger partial charge in [0.15, 0.2) is 0 Å². The average Bonchev–Trinajstić information content (AvgIpc) is 3.09. The molecule has 6 nitrogen and oxygen atoms in total. The molecular formula is C22H24F2O6. The van der Waals surface area contributed by atoms with Gasteiger partial charge >= 0.3 is 0 Å². The van der Waals surface area contributed by atoms with Gasteiger partial charge in [-0.1, -0.05) is 36.4 Å². The summed E-state index contributed by atoms with van der Waals surface area (Å²) < 4.78 is 36.5. The lowest BCUT2D eigenvalue weighted by molar-refractivity contribution is -0.368. The number of ether oxygens (including phenoxy) is 2. The number of hydrogen-bond donors (Lipinski definition) is 4. The molecule has 1 spiro atoms. The molecule has 0 bridgehead atoms. The Kier molecular flexibility index (Phi) is 5.89. The number of rotatable bonds is 5. The molecule has 5 atom stereocenters. The molecule has 2 aromatic carbocycles. The largest absolute Gasteiger partial charge is 0.394 e. The second-order valence-corrected chi connectivity index (χ2v) is 7.80. The fourth-order valence-electron chi connectivity index (χ4n) is 4.14. The van der Waals surface area contributed by atoms with Crippen LogP contribution in [-0.2, 0) is 34.7 Å². The minimum Gasteiger partial charge on any atom is -0.394 e. The van der Waals surface area contributed by atoms with Gasteiger partial charge in [0.1, 0.15) is 24.4 Å². The lowest BCUT2D eigenvalue weighted by Crippen LogP contribution is -2.63. The molecule has 1 fully saturated rings. The minimum atomic E-state index is -2.39. The zero-order valence-corrected chi connectivity index (χ0v) is 16.1. The molecule has 0 aromatic heterocycles. The standard InChI is InChI=1S/C22H24F2O6/c23-18(24)9-13-3-1-12(2-4-13)7-14-5-6-15-11-29-22(16(15)8-14)21(28)20(27)19(26)17(10-25)30-22/h1-6,8,17-21,25-28H,7,9-11H2/t17-,19-,20+,21-,22+/m1/s1. The Labute approximate surface area is 172 Å². The number of alkyl halides is 2. The number of fused-ring (bicyclic) bond motifs is 2. The van der Waals surface area contributed by atoms with Crippen LogP contribution >= 0.6 is 0 Å². The first-order valence-corrected chi connectivity index (χ1v) is 9.79. The van der Waals surface area contributed by atoms with Crippen LogP contribution in [0.15, 0.2) is 42.5 Å². The van der Waals surface area contributed by atoms with Gasteiger partial charge in [0.25, 0.3) is 0 Å². The third-order valence-corrected chi connectivity index (χ3v) is 5.76. The molecular weight excluding hydrogens is 398 g/mol. The van der Waals surface area contributed by atoms with Crippen molar-refractivity contribution >= 4 is 0 Å². The van der Waals surface area contributed by atoms with Crippen LogP contribution in [0, 0.1) is 0 Å². The normalized spacial score (nSPS) is 30.8. The van der Waals surface area contributed by atoms with E-state index in [1.165, 1.54) is 0 Å². The van der Waals surface area contributed by atoms with Gasteiger partial charge in [0, 0.05) is 12.0 Å². The highest BCUT2D eigenvalue weighted by molar-refractivity contribution is 5.41. The highest BCUT2D eigenvalue weighted by Gasteiger charge is 2.58. The fourth-order valence-corrected chi connectivity index (χ4v) is 4.14. The fraction of sp³-hybridized carbons (Fsp3) is 0.455. The molecule has 4 N–H and O–H groups in total. The Morgan fingerprint density at radius 2 is 1.63 bits per heavy atom. The lowest BCUT2D eigenvalue weighted by atomic mass is 9.86. The SMILES string of the molecule is OC[C@H]1O[C@]2(OCc3ccc(Cc4ccc(CC(F)F)cc4)cc32)[C@H](O)[C@@H](O)[C@@H]1O. The summed E-state index contributed by atoms with van der Waals surface area (Å²) in [6, 6.07) is 12.5. The molecule has 0 unspecified atom stereocenters. The van der Waals surface area contributed by atoms with E-state index >= 15 is 0 Å². The summed E-state index contributed by atoms with van der Waals surface area (Å²) in [4.78, 5) is 0. The van der Waals surface area contributed by atoms with Crippen LogP contribution in [0.5, 0.6) is 0 Å². The predicted molar refractivity (Wildman–Crippen MR) is 102 cm³/mol. The van der Waals surface area contributed by atoms with E-state index in [9.17, 15) is 29.2 Å². The van der Waals surface area contributed by atoms with Crippen LogP contribution in [0.2, 0.25) is 0 Å². The van der Waals surface area contributed by atoms with Crippen LogP contribution in [0.4, 0.5) is 8.78 Å². The van der Waals surface area contributed by atoms with Gasteiger partial charge in [-0.15, -0.1) is 0 Å². The first-order chi connectivity index (χ1) is 14.3. The smallest absolute Gasteiger partial charge is 0.242 e. The molecule has 0 aliphatic carbocycles. The first kappa shape index (κ1) is 21.3. The van der Waals surface area contributed by atoms with Crippen LogP contribution in [0.3, 0.4) is 0 Å². The molecule has 1 saturated heterocycles. The van der Waals surface area contributed by atoms with Gasteiger partial charge in [0.05, 0.1) is 13.2 Å². The van der Waals surface area contributed by atoms with E-state index in [0.29, 0.717) is 17.5 Å². The van der Waals surface area contributed by atoms with Gasteiger partial charge in [-0.2, -0.15) is 0 Å². The van der Waals surface area contributed by atoms with Gasteiger partial charge in [-0.3, -0.25) is 0 Å². The maximum absolute atomic E-state index is 12.5. The van der Waals surface area contributed by atoms with E-state index in [1.54, 1.807) is 30.3 Å². The predicted octanol–water partition coefficient (Wildman–Crippen LogP) is 1.24. The topological polar surface area (TPSA) is 99.4 Å². The molecule has 162 valence electrons. The molecule has 4 rings (SSSR count). The monoisotopic (exact) mass is 422 g/mol. The van der Waals surface area contributed by atoms with Crippen molar-refractivity contribution < 1.29 is 38.7 Å². The molecule has 2 aromatic rings. The molecule has 30 heavy (non-hydrogen) atoms. The second-order valence-electron chi connectivity index (χ2n) is 7.80. The van der Waals surface area contributed by atoms with Crippen molar-refractivity contribution in [3.05, 3.63) is 70.3 Å². The molecule has 0 amide bonds. The van der Waals surface area contributed by atoms with Crippen molar-refractivity contribution in [1.82, 2.24) is 0 Å². The zero-order chi connectivity index (χ0) is 21.5. The summed E-state index contributed by atoms with van der Waals surface area (Å²) >= 11 is 0. The number of aliphatic hydroxyl groups is 4. The molecule has 2 aliphatic rings. The van der Waals surface area contributed by atoms with Crippen molar-refractivity contribution in [2.45, 2.75) is 56.1 Å². The summed E-state index contributed by atoms with van der Waals surface area (Å²) in [6.07, 6.45) is -7.80. The van der Waals surface area contributed by atoms with Crippen LogP contribution in [0.1, 0.15) is 27.8 Å². The van der Waals surface area contributed by atoms with Crippen LogP contribution < -0.4 is 0 Å². The Hall–Kier alpha value is -1.94. The van der Waals surface area contributed by atoms with Gasteiger partial charge in [-0.25, -0.2) is 8.78 Å². The zero-order valence-electron chi connectivity index (χ0n) is 16.1. The van der Waals surface area contributed by atoms with Crippen molar-refractivity contribution in [3.8, 4) is 0 Å². The Bertz CT molecular complexity index is 888. The number of hydrogen-bond acceptors (Lipinski definition) is 6. The van der Waals surface area contributed by atoms with Gasteiger partial charge < -0.3 is 29.9 Å². The van der Waals surface area contributed by atoms with Crippen molar-refractivity contribution in [2.75, 3.05) is 6.61 Å². The summed E-state index contributed by atoms with van der Waals surface area (Å²) in [5.74, 6) is -1.68. The molecule has 0 radical (unpaired) electrons. The van der Waals surface area contributed by atoms with Crippen molar-refractivity contribution in [3.63, 3.8) is 0 Å². The van der Waals surface area contributed by atoms with Gasteiger partial charge in [-0.05, 0) is 34.7 Å². The van der Waals surface area contributed by atoms with Gasteiger partial charge in [0.2, 0.25) is 12.2 Å². The third kappa shape index (κ3) is 3.75. The summed E-state index contributed by atoms with van der Waals surface area (Å²) in [6.45, 7) is -0.397. The van der Waals surface area contributed by atoms with E-state index in [-0.39, 0.29) is 13.0 Å². The van der Waals surface area contributed by atoms with E-state index in [0.717, 1.165) is 16.7 Å². The van der Waals surface area contributed by atoms with E-state index in [4.69, 9.17) is 9.47 Å². The minimum absolute atomic E-state index is 0.149. The number of benzene rings is 2. The summed E-state index contributed by atoms with van der Waals surface area (Å²) in [5.41, 5.74) is 3.67. The Morgan fingerprint density at radius 3 is 2.30 bits per heavy atom. The second kappa shape index (κ2) is 8.30. The Morgan fingerprint density at radius 1 is 0.967 bits per heavy atom. The number of aliphatic hydroxyl groups excluding tert-OH is 4. The van der Waals surface area contributed by atoms with Crippen LogP contribution in [0.25, 0.3) is 0 Å². The third-order valence-electron chi connectivity index (χ3n) is 5.76. The first-order valence-electron chi connectivity index (χ1n) is 9.79. The molecule has 0 saturated carbocycles. The van der Waals surface area contributed by atoms with Crippen molar-refractivity contribution in [2.24, 2.45) is 0 Å². The van der Waals surface area contributed by atoms with Crippen LogP contribution in [-0.4, -0.2) is 57.9 Å². The summed E-state index contributed by atoms with van der Waals surface area (Å²) in [5, 5.41) is 40.4. The van der Waals surface area contributed by atoms with E-state index in [1.807, 2.05) is 12.1 Å².